The van der Waals surface area contributed by atoms with E-state index < -0.39 is 37.1 Å². The van der Waals surface area contributed by atoms with Gasteiger partial charge in [0.05, 0.1) is 25.0 Å². The fraction of sp³-hybridized carbons (Fsp3) is 0.500. The summed E-state index contributed by atoms with van der Waals surface area (Å²) in [6, 6.07) is 0. The van der Waals surface area contributed by atoms with Gasteiger partial charge < -0.3 is 25.2 Å². The van der Waals surface area contributed by atoms with Crippen molar-refractivity contribution in [3.05, 3.63) is 18.3 Å². The zero-order chi connectivity index (χ0) is 15.9. The number of fused-ring (bicyclic) bond motifs is 1. The van der Waals surface area contributed by atoms with Crippen LogP contribution in [0.2, 0.25) is 0 Å². The highest BCUT2D eigenvalue weighted by Gasteiger charge is 2.44. The standard InChI is InChI=1S/C12H14N4O6/c17-2-6-9(20)10(21)12(22-6)16-4-15-8-5(1-7(18)19)13-3-14-11(8)16/h3-4,6,9-10,12,17,20-21H,1-2H2,(H,18,19)/t6-,9-,10-,12-/m1/s1. The average Bonchev–Trinajstić information content (AvgIpc) is 3.02. The van der Waals surface area contributed by atoms with Crippen LogP contribution in [0.3, 0.4) is 0 Å². The molecule has 1 saturated heterocycles. The Morgan fingerprint density at radius 2 is 2.05 bits per heavy atom. The molecule has 0 aromatic carbocycles. The molecule has 10 heteroatoms. The summed E-state index contributed by atoms with van der Waals surface area (Å²) in [5, 5.41) is 37.8. The molecule has 1 aliphatic heterocycles. The molecule has 0 amide bonds. The zero-order valence-corrected chi connectivity index (χ0v) is 11.3. The van der Waals surface area contributed by atoms with Crippen molar-refractivity contribution in [1.29, 1.82) is 0 Å². The number of aliphatic hydroxyl groups excluding tert-OH is 3. The molecule has 0 saturated carbocycles. The van der Waals surface area contributed by atoms with Crippen LogP contribution in [0.4, 0.5) is 0 Å². The van der Waals surface area contributed by atoms with E-state index in [0.717, 1.165) is 0 Å². The minimum absolute atomic E-state index is 0.239. The number of carboxylic acid groups (broad SMARTS) is 1. The Morgan fingerprint density at radius 1 is 1.27 bits per heavy atom. The topological polar surface area (TPSA) is 151 Å². The fourth-order valence-electron chi connectivity index (χ4n) is 2.47. The highest BCUT2D eigenvalue weighted by Crippen LogP contribution is 2.31. The van der Waals surface area contributed by atoms with Crippen LogP contribution in [0.5, 0.6) is 0 Å². The summed E-state index contributed by atoms with van der Waals surface area (Å²) in [5.41, 5.74) is 0.798. The van der Waals surface area contributed by atoms with Crippen LogP contribution in [0.25, 0.3) is 11.2 Å². The number of nitrogens with zero attached hydrogens (tertiary/aromatic N) is 4. The molecule has 118 valence electrons. The maximum absolute atomic E-state index is 10.8. The van der Waals surface area contributed by atoms with Crippen molar-refractivity contribution in [1.82, 2.24) is 19.5 Å². The molecule has 2 aromatic heterocycles. The van der Waals surface area contributed by atoms with Crippen molar-refractivity contribution in [3.63, 3.8) is 0 Å². The molecule has 1 aliphatic rings. The average molecular weight is 310 g/mol. The monoisotopic (exact) mass is 310 g/mol. The third-order valence-corrected chi connectivity index (χ3v) is 3.54. The fourth-order valence-corrected chi connectivity index (χ4v) is 2.47. The van der Waals surface area contributed by atoms with Crippen LogP contribution in [-0.2, 0) is 16.0 Å². The third kappa shape index (κ3) is 2.31. The van der Waals surface area contributed by atoms with E-state index in [1.54, 1.807) is 0 Å². The summed E-state index contributed by atoms with van der Waals surface area (Å²) >= 11 is 0. The van der Waals surface area contributed by atoms with Crippen LogP contribution in [0.15, 0.2) is 12.7 Å². The Labute approximate surface area is 123 Å². The molecule has 22 heavy (non-hydrogen) atoms. The van der Waals surface area contributed by atoms with Gasteiger partial charge in [0.2, 0.25) is 0 Å². The normalized spacial score (nSPS) is 28.3. The van der Waals surface area contributed by atoms with E-state index in [1.165, 1.54) is 17.2 Å². The number of carboxylic acids is 1. The zero-order valence-electron chi connectivity index (χ0n) is 11.3. The Morgan fingerprint density at radius 3 is 2.68 bits per heavy atom. The van der Waals surface area contributed by atoms with Crippen molar-refractivity contribution in [2.24, 2.45) is 0 Å². The van der Waals surface area contributed by atoms with E-state index in [4.69, 9.17) is 14.9 Å². The lowest BCUT2D eigenvalue weighted by atomic mass is 10.1. The Kier molecular flexibility index (Phi) is 3.74. The first kappa shape index (κ1) is 14.8. The molecule has 4 N–H and O–H groups in total. The molecule has 10 nitrogen and oxygen atoms in total. The number of aliphatic hydroxyl groups is 3. The van der Waals surface area contributed by atoms with Crippen LogP contribution >= 0.6 is 0 Å². The van der Waals surface area contributed by atoms with Crippen molar-refractivity contribution in [2.75, 3.05) is 6.61 Å². The SMILES string of the molecule is O=C(O)Cc1ncnc2c1ncn2[C@@H]1O[C@H](CO)[C@@H](O)[C@H]1O. The van der Waals surface area contributed by atoms with Crippen molar-refractivity contribution >= 4 is 17.1 Å². The molecule has 2 aromatic rings. The summed E-state index contributed by atoms with van der Waals surface area (Å²) in [6.45, 7) is -0.444. The maximum Gasteiger partial charge on any atom is 0.309 e. The summed E-state index contributed by atoms with van der Waals surface area (Å²) in [7, 11) is 0. The van der Waals surface area contributed by atoms with Gasteiger partial charge >= 0.3 is 5.97 Å². The largest absolute Gasteiger partial charge is 0.481 e. The molecule has 0 unspecified atom stereocenters. The number of aliphatic carboxylic acids is 1. The smallest absolute Gasteiger partial charge is 0.309 e. The quantitative estimate of drug-likeness (QED) is 0.505. The van der Waals surface area contributed by atoms with Gasteiger partial charge in [0, 0.05) is 0 Å². The number of rotatable bonds is 4. The van der Waals surface area contributed by atoms with E-state index in [1.807, 2.05) is 0 Å². The maximum atomic E-state index is 10.8. The van der Waals surface area contributed by atoms with Crippen LogP contribution < -0.4 is 0 Å². The molecule has 0 radical (unpaired) electrons. The van der Waals surface area contributed by atoms with E-state index in [0.29, 0.717) is 0 Å². The van der Waals surface area contributed by atoms with Gasteiger partial charge in [-0.3, -0.25) is 9.36 Å². The Balaban J connectivity index is 2.01. The molecule has 0 spiro atoms. The van der Waals surface area contributed by atoms with Gasteiger partial charge in [0.25, 0.3) is 0 Å². The van der Waals surface area contributed by atoms with Gasteiger partial charge in [-0.2, -0.15) is 0 Å². The minimum atomic E-state index is -1.27. The minimum Gasteiger partial charge on any atom is -0.481 e. The van der Waals surface area contributed by atoms with Crippen molar-refractivity contribution in [2.45, 2.75) is 31.0 Å². The predicted molar refractivity (Wildman–Crippen MR) is 69.7 cm³/mol. The van der Waals surface area contributed by atoms with Gasteiger partial charge in [-0.25, -0.2) is 15.0 Å². The molecule has 3 heterocycles. The summed E-state index contributed by atoms with van der Waals surface area (Å²) in [6.07, 6.45) is -2.21. The van der Waals surface area contributed by atoms with E-state index >= 15 is 0 Å². The van der Waals surface area contributed by atoms with Gasteiger partial charge in [0.1, 0.15) is 30.2 Å². The number of carbonyl (C=O) groups is 1. The highest BCUT2D eigenvalue weighted by atomic mass is 16.6. The first-order valence-electron chi connectivity index (χ1n) is 6.53. The Hall–Kier alpha value is -2.14. The molecule has 4 atom stereocenters. The van der Waals surface area contributed by atoms with Crippen molar-refractivity contribution < 1.29 is 30.0 Å². The number of hydrogen-bond acceptors (Lipinski definition) is 8. The van der Waals surface area contributed by atoms with Gasteiger partial charge in [-0.15, -0.1) is 0 Å². The lowest BCUT2D eigenvalue weighted by Gasteiger charge is -2.16. The van der Waals surface area contributed by atoms with Crippen molar-refractivity contribution in [3.8, 4) is 0 Å². The second-order valence-corrected chi connectivity index (χ2v) is 4.94. The van der Waals surface area contributed by atoms with E-state index in [9.17, 15) is 15.0 Å². The van der Waals surface area contributed by atoms with Gasteiger partial charge in [-0.05, 0) is 0 Å². The molecule has 0 aliphatic carbocycles. The Bertz CT molecular complexity index is 704. The predicted octanol–water partition coefficient (Wildman–Crippen LogP) is -1.94. The van der Waals surface area contributed by atoms with E-state index in [2.05, 4.69) is 15.0 Å². The first-order chi connectivity index (χ1) is 10.5. The first-order valence-corrected chi connectivity index (χ1v) is 6.53. The number of hydrogen-bond donors (Lipinski definition) is 4. The van der Waals surface area contributed by atoms with Gasteiger partial charge in [-0.1, -0.05) is 0 Å². The van der Waals surface area contributed by atoms with Crippen LogP contribution in [-0.4, -0.2) is 70.8 Å². The second kappa shape index (κ2) is 5.57. The lowest BCUT2D eigenvalue weighted by molar-refractivity contribution is -0.136. The molecule has 0 bridgehead atoms. The van der Waals surface area contributed by atoms with Gasteiger partial charge in [0.15, 0.2) is 11.9 Å². The van der Waals surface area contributed by atoms with E-state index in [-0.39, 0.29) is 23.3 Å². The number of ether oxygens (including phenoxy) is 1. The third-order valence-electron chi connectivity index (χ3n) is 3.54. The molecular weight excluding hydrogens is 296 g/mol. The number of imidazole rings is 1. The summed E-state index contributed by atoms with van der Waals surface area (Å²) in [4.78, 5) is 22.8. The second-order valence-electron chi connectivity index (χ2n) is 4.94. The summed E-state index contributed by atoms with van der Waals surface area (Å²) in [5.74, 6) is -1.05. The molecular formula is C12H14N4O6. The summed E-state index contributed by atoms with van der Waals surface area (Å²) < 4.78 is 6.79. The van der Waals surface area contributed by atoms with Crippen LogP contribution in [0.1, 0.15) is 11.9 Å². The highest BCUT2D eigenvalue weighted by molar-refractivity contribution is 5.79. The molecule has 3 rings (SSSR count). The van der Waals surface area contributed by atoms with Crippen LogP contribution in [0, 0.1) is 0 Å². The lowest BCUT2D eigenvalue weighted by Crippen LogP contribution is -2.33. The molecule has 1 fully saturated rings. The number of aromatic nitrogens is 4.